The summed E-state index contributed by atoms with van der Waals surface area (Å²) >= 11 is 0. The van der Waals surface area contributed by atoms with Crippen LogP contribution >= 0.6 is 0 Å². The van der Waals surface area contributed by atoms with Gasteiger partial charge in [-0.2, -0.15) is 0 Å². The van der Waals surface area contributed by atoms with E-state index in [1.54, 1.807) is 6.92 Å². The summed E-state index contributed by atoms with van der Waals surface area (Å²) in [7, 11) is 0. The molecule has 2 unspecified atom stereocenters. The molecular weight excluding hydrogens is 266 g/mol. The summed E-state index contributed by atoms with van der Waals surface area (Å²) in [5.74, 6) is 0.920. The fourth-order valence-electron chi connectivity index (χ4n) is 2.27. The van der Waals surface area contributed by atoms with Gasteiger partial charge >= 0.3 is 0 Å². The molecule has 1 aromatic carbocycles. The summed E-state index contributed by atoms with van der Waals surface area (Å²) in [5.41, 5.74) is 1.10. The van der Waals surface area contributed by atoms with Gasteiger partial charge < -0.3 is 15.2 Å². The van der Waals surface area contributed by atoms with E-state index in [1.165, 1.54) is 0 Å². The molecule has 2 atom stereocenters. The van der Waals surface area contributed by atoms with Crippen LogP contribution in [0, 0.1) is 12.8 Å². The van der Waals surface area contributed by atoms with E-state index < -0.39 is 6.10 Å². The maximum atomic E-state index is 12.0. The summed E-state index contributed by atoms with van der Waals surface area (Å²) in [6.07, 6.45) is 2.26. The van der Waals surface area contributed by atoms with E-state index in [2.05, 4.69) is 12.2 Å². The minimum Gasteiger partial charge on any atom is -0.481 e. The number of hydrogen-bond acceptors (Lipinski definition) is 3. The second kappa shape index (κ2) is 9.40. The Kier molecular flexibility index (Phi) is 7.83. The quantitative estimate of drug-likeness (QED) is 0.736. The molecule has 4 nitrogen and oxygen atoms in total. The van der Waals surface area contributed by atoms with Crippen molar-refractivity contribution >= 4 is 5.91 Å². The number of nitrogens with one attached hydrogen (secondary N) is 1. The maximum Gasteiger partial charge on any atom is 0.260 e. The highest BCUT2D eigenvalue weighted by Crippen LogP contribution is 2.14. The molecule has 21 heavy (non-hydrogen) atoms. The molecular formula is C17H27NO3. The van der Waals surface area contributed by atoms with Crippen LogP contribution in [0.3, 0.4) is 0 Å². The lowest BCUT2D eigenvalue weighted by molar-refractivity contribution is -0.127. The summed E-state index contributed by atoms with van der Waals surface area (Å²) in [5, 5.41) is 11.9. The number of ether oxygens (including phenoxy) is 1. The first-order valence-corrected chi connectivity index (χ1v) is 7.68. The highest BCUT2D eigenvalue weighted by atomic mass is 16.5. The van der Waals surface area contributed by atoms with E-state index in [0.717, 1.165) is 24.8 Å². The zero-order valence-electron chi connectivity index (χ0n) is 13.3. The van der Waals surface area contributed by atoms with Gasteiger partial charge in [-0.3, -0.25) is 4.79 Å². The second-order valence-corrected chi connectivity index (χ2v) is 5.49. The van der Waals surface area contributed by atoms with Crippen LogP contribution in [0.2, 0.25) is 0 Å². The highest BCUT2D eigenvalue weighted by molar-refractivity contribution is 5.80. The predicted molar refractivity (Wildman–Crippen MR) is 84.4 cm³/mol. The predicted octanol–water partition coefficient (Wildman–Crippen LogP) is 2.68. The number of hydrogen-bond donors (Lipinski definition) is 2. The summed E-state index contributed by atoms with van der Waals surface area (Å²) < 4.78 is 5.65. The SMILES string of the molecule is CCCC(CCO)CNC(=O)C(C)Oc1cccc(C)c1. The lowest BCUT2D eigenvalue weighted by Gasteiger charge is -2.19. The van der Waals surface area contributed by atoms with Gasteiger partial charge in [0.05, 0.1) is 0 Å². The van der Waals surface area contributed by atoms with Crippen molar-refractivity contribution in [3.63, 3.8) is 0 Å². The molecule has 0 bridgehead atoms. The zero-order valence-corrected chi connectivity index (χ0v) is 13.3. The van der Waals surface area contributed by atoms with Crippen molar-refractivity contribution in [1.29, 1.82) is 0 Å². The fourth-order valence-corrected chi connectivity index (χ4v) is 2.27. The minimum atomic E-state index is -0.525. The van der Waals surface area contributed by atoms with Gasteiger partial charge in [-0.25, -0.2) is 0 Å². The maximum absolute atomic E-state index is 12.0. The third-order valence-corrected chi connectivity index (χ3v) is 3.47. The Hall–Kier alpha value is -1.55. The first-order valence-electron chi connectivity index (χ1n) is 7.68. The van der Waals surface area contributed by atoms with Crippen LogP contribution in [0.4, 0.5) is 0 Å². The van der Waals surface area contributed by atoms with Gasteiger partial charge in [0.1, 0.15) is 5.75 Å². The Bertz CT molecular complexity index is 428. The number of aliphatic hydroxyl groups is 1. The molecule has 0 saturated carbocycles. The molecule has 118 valence electrons. The molecule has 0 aliphatic rings. The molecule has 1 aromatic rings. The van der Waals surface area contributed by atoms with Gasteiger partial charge in [0.2, 0.25) is 0 Å². The van der Waals surface area contributed by atoms with Gasteiger partial charge in [-0.1, -0.05) is 25.5 Å². The molecule has 0 aliphatic heterocycles. The summed E-state index contributed by atoms with van der Waals surface area (Å²) in [4.78, 5) is 12.0. The Balaban J connectivity index is 2.43. The van der Waals surface area contributed by atoms with Crippen LogP contribution in [-0.2, 0) is 4.79 Å². The smallest absolute Gasteiger partial charge is 0.260 e. The van der Waals surface area contributed by atoms with E-state index >= 15 is 0 Å². The molecule has 1 amide bonds. The third kappa shape index (κ3) is 6.63. The van der Waals surface area contributed by atoms with Crippen molar-refractivity contribution in [3.8, 4) is 5.75 Å². The molecule has 0 aliphatic carbocycles. The van der Waals surface area contributed by atoms with E-state index in [4.69, 9.17) is 9.84 Å². The highest BCUT2D eigenvalue weighted by Gasteiger charge is 2.16. The Morgan fingerprint density at radius 1 is 1.38 bits per heavy atom. The number of rotatable bonds is 9. The molecule has 0 spiro atoms. The molecule has 2 N–H and O–H groups in total. The van der Waals surface area contributed by atoms with Gasteiger partial charge in [-0.05, 0) is 50.3 Å². The van der Waals surface area contributed by atoms with Crippen LogP contribution in [-0.4, -0.2) is 30.3 Å². The molecule has 0 saturated heterocycles. The number of aliphatic hydroxyl groups excluding tert-OH is 1. The summed E-state index contributed by atoms with van der Waals surface area (Å²) in [6.45, 7) is 6.60. The van der Waals surface area contributed by atoms with Crippen molar-refractivity contribution in [2.45, 2.75) is 46.1 Å². The van der Waals surface area contributed by atoms with E-state index in [9.17, 15) is 4.79 Å². The molecule has 4 heteroatoms. The topological polar surface area (TPSA) is 58.6 Å². The first-order chi connectivity index (χ1) is 10.1. The van der Waals surface area contributed by atoms with E-state index in [1.807, 2.05) is 31.2 Å². The minimum absolute atomic E-state index is 0.115. The normalized spacial score (nSPS) is 13.5. The average molecular weight is 293 g/mol. The molecule has 0 radical (unpaired) electrons. The monoisotopic (exact) mass is 293 g/mol. The number of benzene rings is 1. The molecule has 0 aromatic heterocycles. The van der Waals surface area contributed by atoms with Crippen LogP contribution < -0.4 is 10.1 Å². The van der Waals surface area contributed by atoms with Crippen LogP contribution in [0.1, 0.15) is 38.7 Å². The van der Waals surface area contributed by atoms with Crippen molar-refractivity contribution in [2.75, 3.05) is 13.2 Å². The van der Waals surface area contributed by atoms with Crippen LogP contribution in [0.25, 0.3) is 0 Å². The van der Waals surface area contributed by atoms with Crippen LogP contribution in [0.5, 0.6) is 5.75 Å². The number of aryl methyl sites for hydroxylation is 1. The van der Waals surface area contributed by atoms with E-state index in [0.29, 0.717) is 18.2 Å². The zero-order chi connectivity index (χ0) is 15.7. The van der Waals surface area contributed by atoms with Crippen molar-refractivity contribution < 1.29 is 14.6 Å². The lowest BCUT2D eigenvalue weighted by Crippen LogP contribution is -2.39. The van der Waals surface area contributed by atoms with Gasteiger partial charge in [0, 0.05) is 13.2 Å². The lowest BCUT2D eigenvalue weighted by atomic mass is 10.0. The second-order valence-electron chi connectivity index (χ2n) is 5.49. The number of carbonyl (C=O) groups is 1. The van der Waals surface area contributed by atoms with Crippen molar-refractivity contribution in [3.05, 3.63) is 29.8 Å². The van der Waals surface area contributed by atoms with Gasteiger partial charge in [-0.15, -0.1) is 0 Å². The van der Waals surface area contributed by atoms with Gasteiger partial charge in [0.15, 0.2) is 6.10 Å². The third-order valence-electron chi connectivity index (χ3n) is 3.47. The molecule has 1 rings (SSSR count). The van der Waals surface area contributed by atoms with E-state index in [-0.39, 0.29) is 12.5 Å². The van der Waals surface area contributed by atoms with Gasteiger partial charge in [0.25, 0.3) is 5.91 Å². The fraction of sp³-hybridized carbons (Fsp3) is 0.588. The standard InChI is InChI=1S/C17H27NO3/c1-4-6-15(9-10-19)12-18-17(20)14(3)21-16-8-5-7-13(2)11-16/h5,7-8,11,14-15,19H,4,6,9-10,12H2,1-3H3,(H,18,20). The Morgan fingerprint density at radius 3 is 2.76 bits per heavy atom. The summed E-state index contributed by atoms with van der Waals surface area (Å²) in [6, 6.07) is 7.66. The Morgan fingerprint density at radius 2 is 2.14 bits per heavy atom. The van der Waals surface area contributed by atoms with Crippen LogP contribution in [0.15, 0.2) is 24.3 Å². The Labute approximate surface area is 127 Å². The average Bonchev–Trinajstić information content (AvgIpc) is 2.45. The number of carbonyl (C=O) groups excluding carboxylic acids is 1. The van der Waals surface area contributed by atoms with Crippen molar-refractivity contribution in [1.82, 2.24) is 5.32 Å². The van der Waals surface area contributed by atoms with Crippen molar-refractivity contribution in [2.24, 2.45) is 5.92 Å². The molecule has 0 fully saturated rings. The molecule has 0 heterocycles. The number of amides is 1. The largest absolute Gasteiger partial charge is 0.481 e. The first kappa shape index (κ1) is 17.5.